The van der Waals surface area contributed by atoms with Gasteiger partial charge in [-0.3, -0.25) is 9.59 Å². The Morgan fingerprint density at radius 1 is 1.23 bits per heavy atom. The molecule has 4 heterocycles. The Morgan fingerprint density at radius 2 is 2.07 bits per heavy atom. The van der Waals surface area contributed by atoms with Crippen molar-refractivity contribution in [3.63, 3.8) is 0 Å². The average molecular weight is 430 g/mol. The molecular weight excluding hydrogens is 408 g/mol. The number of amides is 2. The van der Waals surface area contributed by atoms with E-state index in [2.05, 4.69) is 14.7 Å². The molecule has 1 fully saturated rings. The first-order valence-electron chi connectivity index (χ1n) is 9.62. The Bertz CT molecular complexity index is 1060. The Labute approximate surface area is 174 Å². The van der Waals surface area contributed by atoms with Gasteiger partial charge < -0.3 is 20.9 Å². The summed E-state index contributed by atoms with van der Waals surface area (Å²) in [6, 6.07) is 3.48. The number of piperidine rings is 1. The summed E-state index contributed by atoms with van der Waals surface area (Å²) in [5.74, 6) is -0.235. The Hall–Kier alpha value is -3.21. The number of amidine groups is 1. The number of aromatic nitrogens is 1. The van der Waals surface area contributed by atoms with Crippen LogP contribution in [0.3, 0.4) is 0 Å². The number of sulfonamides is 1. The first-order valence-corrected chi connectivity index (χ1v) is 11.2. The van der Waals surface area contributed by atoms with Crippen LogP contribution in [0.5, 0.6) is 0 Å². The van der Waals surface area contributed by atoms with Gasteiger partial charge in [0.15, 0.2) is 5.84 Å². The SMILES string of the molecule is NC(=O)C1CCCN(c2ccc(NC(=O)C3=CC=CN4CCS(=O)(=O)N=C34)cn2)C1. The van der Waals surface area contributed by atoms with Gasteiger partial charge in [-0.25, -0.2) is 13.4 Å². The van der Waals surface area contributed by atoms with Gasteiger partial charge in [-0.15, -0.1) is 4.40 Å². The lowest BCUT2D eigenvalue weighted by Crippen LogP contribution is -2.41. The van der Waals surface area contributed by atoms with Crippen molar-refractivity contribution in [2.45, 2.75) is 12.8 Å². The molecule has 1 aromatic heterocycles. The molecule has 0 radical (unpaired) electrons. The van der Waals surface area contributed by atoms with Crippen LogP contribution in [0.4, 0.5) is 11.5 Å². The van der Waals surface area contributed by atoms with Gasteiger partial charge in [-0.05, 0) is 37.1 Å². The largest absolute Gasteiger partial charge is 0.369 e. The highest BCUT2D eigenvalue weighted by Crippen LogP contribution is 2.23. The van der Waals surface area contributed by atoms with Crippen LogP contribution >= 0.6 is 0 Å². The lowest BCUT2D eigenvalue weighted by Gasteiger charge is -2.32. The van der Waals surface area contributed by atoms with Crippen LogP contribution in [0, 0.1) is 5.92 Å². The number of nitrogens with two attached hydrogens (primary N) is 1. The predicted octanol–water partition coefficient (Wildman–Crippen LogP) is 0.219. The van der Waals surface area contributed by atoms with Crippen molar-refractivity contribution >= 4 is 39.2 Å². The second-order valence-corrected chi connectivity index (χ2v) is 9.12. The van der Waals surface area contributed by atoms with Crippen LogP contribution in [0.1, 0.15) is 12.8 Å². The van der Waals surface area contributed by atoms with Crippen LogP contribution in [0.2, 0.25) is 0 Å². The summed E-state index contributed by atoms with van der Waals surface area (Å²) < 4.78 is 27.4. The van der Waals surface area contributed by atoms with E-state index < -0.39 is 15.9 Å². The van der Waals surface area contributed by atoms with E-state index in [-0.39, 0.29) is 35.5 Å². The van der Waals surface area contributed by atoms with Gasteiger partial charge >= 0.3 is 0 Å². The molecule has 1 aromatic rings. The number of nitrogens with zero attached hydrogens (tertiary/aromatic N) is 4. The smallest absolute Gasteiger partial charge is 0.259 e. The third kappa shape index (κ3) is 4.20. The van der Waals surface area contributed by atoms with Crippen molar-refractivity contribution in [3.05, 3.63) is 42.3 Å². The number of carbonyl (C=O) groups is 2. The molecule has 0 bridgehead atoms. The zero-order valence-corrected chi connectivity index (χ0v) is 17.0. The number of hydrogen-bond acceptors (Lipinski definition) is 7. The van der Waals surface area contributed by atoms with Gasteiger partial charge in [0.25, 0.3) is 15.9 Å². The number of fused-ring (bicyclic) bond motifs is 1. The Balaban J connectivity index is 1.46. The molecule has 10 nitrogen and oxygen atoms in total. The molecule has 0 spiro atoms. The first-order chi connectivity index (χ1) is 14.3. The van der Waals surface area contributed by atoms with E-state index in [0.29, 0.717) is 18.1 Å². The van der Waals surface area contributed by atoms with E-state index in [1.807, 2.05) is 4.90 Å². The monoisotopic (exact) mass is 430 g/mol. The van der Waals surface area contributed by atoms with Crippen molar-refractivity contribution in [2.24, 2.45) is 16.0 Å². The highest BCUT2D eigenvalue weighted by atomic mass is 32.2. The highest BCUT2D eigenvalue weighted by molar-refractivity contribution is 7.90. The van der Waals surface area contributed by atoms with E-state index in [9.17, 15) is 18.0 Å². The number of anilines is 2. The zero-order valence-electron chi connectivity index (χ0n) is 16.2. The molecular formula is C19H22N6O4S. The summed E-state index contributed by atoms with van der Waals surface area (Å²) in [5, 5.41) is 2.73. The molecule has 3 N–H and O–H groups in total. The van der Waals surface area contributed by atoms with Gasteiger partial charge in [0.1, 0.15) is 5.82 Å². The fourth-order valence-electron chi connectivity index (χ4n) is 3.66. The normalized spacial score (nSPS) is 22.6. The van der Waals surface area contributed by atoms with Crippen molar-refractivity contribution in [1.82, 2.24) is 9.88 Å². The minimum atomic E-state index is -3.58. The summed E-state index contributed by atoms with van der Waals surface area (Å²) in [5.41, 5.74) is 6.06. The predicted molar refractivity (Wildman–Crippen MR) is 112 cm³/mol. The van der Waals surface area contributed by atoms with E-state index in [1.165, 1.54) is 12.3 Å². The summed E-state index contributed by atoms with van der Waals surface area (Å²) in [6.45, 7) is 1.56. The minimum Gasteiger partial charge on any atom is -0.369 e. The minimum absolute atomic E-state index is 0.0891. The molecule has 1 atom stereocenters. The van der Waals surface area contributed by atoms with E-state index in [0.717, 1.165) is 19.4 Å². The van der Waals surface area contributed by atoms with Gasteiger partial charge in [0.05, 0.1) is 29.1 Å². The fourth-order valence-corrected chi connectivity index (χ4v) is 4.64. The third-order valence-corrected chi connectivity index (χ3v) is 6.41. The van der Waals surface area contributed by atoms with Crippen LogP contribution < -0.4 is 16.0 Å². The van der Waals surface area contributed by atoms with E-state index >= 15 is 0 Å². The van der Waals surface area contributed by atoms with Crippen LogP contribution in [-0.2, 0) is 19.6 Å². The standard InChI is InChI=1S/C19H22N6O4S/c20-17(26)13-3-1-8-25(12-13)16-6-5-14(11-21-16)22-19(27)15-4-2-7-24-9-10-30(28,29)23-18(15)24/h2,4-7,11,13H,1,3,8-10,12H2,(H2,20,26)(H,22,27). The van der Waals surface area contributed by atoms with Crippen molar-refractivity contribution in [3.8, 4) is 0 Å². The molecule has 1 saturated heterocycles. The van der Waals surface area contributed by atoms with Crippen molar-refractivity contribution in [2.75, 3.05) is 35.6 Å². The second-order valence-electron chi connectivity index (χ2n) is 7.36. The molecule has 0 aromatic carbocycles. The van der Waals surface area contributed by atoms with E-state index in [1.54, 1.807) is 29.3 Å². The maximum absolute atomic E-state index is 12.7. The molecule has 3 aliphatic heterocycles. The number of pyridine rings is 1. The van der Waals surface area contributed by atoms with Gasteiger partial charge in [0.2, 0.25) is 5.91 Å². The second kappa shape index (κ2) is 7.90. The molecule has 30 heavy (non-hydrogen) atoms. The highest BCUT2D eigenvalue weighted by Gasteiger charge is 2.30. The lowest BCUT2D eigenvalue weighted by atomic mass is 9.97. The third-order valence-electron chi connectivity index (χ3n) is 5.26. The van der Waals surface area contributed by atoms with Crippen LogP contribution in [-0.4, -0.2) is 61.3 Å². The van der Waals surface area contributed by atoms with Crippen LogP contribution in [0.25, 0.3) is 0 Å². The molecule has 2 amide bonds. The fraction of sp³-hybridized carbons (Fsp3) is 0.368. The zero-order chi connectivity index (χ0) is 21.3. The number of carbonyl (C=O) groups excluding carboxylic acids is 2. The van der Waals surface area contributed by atoms with Gasteiger partial charge in [0, 0.05) is 25.8 Å². The number of allylic oxidation sites excluding steroid dienone is 2. The number of nitrogens with one attached hydrogen (secondary N) is 1. The molecule has 0 saturated carbocycles. The maximum atomic E-state index is 12.7. The van der Waals surface area contributed by atoms with Crippen LogP contribution in [0.15, 0.2) is 46.7 Å². The first kappa shape index (κ1) is 20.1. The van der Waals surface area contributed by atoms with Crippen molar-refractivity contribution in [1.29, 1.82) is 0 Å². The van der Waals surface area contributed by atoms with Crippen molar-refractivity contribution < 1.29 is 18.0 Å². The molecule has 0 aliphatic carbocycles. The summed E-state index contributed by atoms with van der Waals surface area (Å²) in [7, 11) is -3.58. The maximum Gasteiger partial charge on any atom is 0.259 e. The topological polar surface area (TPSA) is 138 Å². The molecule has 3 aliphatic rings. The van der Waals surface area contributed by atoms with Gasteiger partial charge in [-0.1, -0.05) is 0 Å². The molecule has 1 unspecified atom stereocenters. The number of primary amides is 1. The summed E-state index contributed by atoms with van der Waals surface area (Å²) >= 11 is 0. The van der Waals surface area contributed by atoms with Gasteiger partial charge in [-0.2, -0.15) is 0 Å². The molecule has 158 valence electrons. The molecule has 11 heteroatoms. The Kier molecular flexibility index (Phi) is 5.29. The number of hydrogen-bond donors (Lipinski definition) is 2. The summed E-state index contributed by atoms with van der Waals surface area (Å²) in [6.07, 6.45) is 8.07. The average Bonchev–Trinajstić information content (AvgIpc) is 2.73. The van der Waals surface area contributed by atoms with E-state index in [4.69, 9.17) is 5.73 Å². The Morgan fingerprint density at radius 3 is 2.80 bits per heavy atom. The summed E-state index contributed by atoms with van der Waals surface area (Å²) in [4.78, 5) is 32.2. The number of rotatable bonds is 4. The lowest BCUT2D eigenvalue weighted by molar-refractivity contribution is -0.122. The quantitative estimate of drug-likeness (QED) is 0.697. The molecule has 4 rings (SSSR count).